The van der Waals surface area contributed by atoms with Gasteiger partial charge in [-0.1, -0.05) is 0 Å². The third-order valence-corrected chi connectivity index (χ3v) is 1.75. The molecule has 0 fully saturated rings. The number of nitrogens with one attached hydrogen (secondary N) is 2. The van der Waals surface area contributed by atoms with Crippen molar-refractivity contribution < 1.29 is 9.53 Å². The lowest BCUT2D eigenvalue weighted by molar-refractivity contribution is -0.120. The molecule has 5 heteroatoms. The van der Waals surface area contributed by atoms with Crippen molar-refractivity contribution in [3.8, 4) is 6.07 Å². The summed E-state index contributed by atoms with van der Waals surface area (Å²) in [5, 5.41) is 13.6. The molecule has 80 valence electrons. The number of rotatable bonds is 6. The summed E-state index contributed by atoms with van der Waals surface area (Å²) in [5.74, 6) is -0.182. The molecule has 0 atom stereocenters. The van der Waals surface area contributed by atoms with Crippen LogP contribution >= 0.6 is 0 Å². The third-order valence-electron chi connectivity index (χ3n) is 1.75. The number of carbonyl (C=O) groups is 1. The maximum absolute atomic E-state index is 11.0. The van der Waals surface area contributed by atoms with Gasteiger partial charge in [-0.05, 0) is 13.8 Å². The van der Waals surface area contributed by atoms with E-state index in [1.807, 2.05) is 19.9 Å². The summed E-state index contributed by atoms with van der Waals surface area (Å²) in [6, 6.07) is 1.83. The van der Waals surface area contributed by atoms with E-state index in [-0.39, 0.29) is 24.6 Å². The van der Waals surface area contributed by atoms with Gasteiger partial charge in [-0.25, -0.2) is 0 Å². The topological polar surface area (TPSA) is 74.2 Å². The van der Waals surface area contributed by atoms with E-state index >= 15 is 0 Å². The highest BCUT2D eigenvalue weighted by Gasteiger charge is 2.15. The van der Waals surface area contributed by atoms with Gasteiger partial charge in [0.15, 0.2) is 0 Å². The highest BCUT2D eigenvalue weighted by molar-refractivity contribution is 5.78. The second-order valence-corrected chi connectivity index (χ2v) is 3.50. The highest BCUT2D eigenvalue weighted by atomic mass is 16.5. The van der Waals surface area contributed by atoms with Gasteiger partial charge in [0, 0.05) is 13.7 Å². The minimum absolute atomic E-state index is 0.0498. The van der Waals surface area contributed by atoms with Gasteiger partial charge < -0.3 is 15.4 Å². The van der Waals surface area contributed by atoms with Crippen molar-refractivity contribution >= 4 is 5.91 Å². The molecule has 0 aliphatic rings. The van der Waals surface area contributed by atoms with Crippen LogP contribution in [0.5, 0.6) is 0 Å². The van der Waals surface area contributed by atoms with E-state index in [9.17, 15) is 4.79 Å². The quantitative estimate of drug-likeness (QED) is 0.573. The SMILES string of the molecule is COC(C)(C)CNCC(=O)NCC#N. The number of amides is 1. The summed E-state index contributed by atoms with van der Waals surface area (Å²) in [4.78, 5) is 11.0. The van der Waals surface area contributed by atoms with Gasteiger partial charge in [-0.2, -0.15) is 5.26 Å². The maximum Gasteiger partial charge on any atom is 0.234 e. The fraction of sp³-hybridized carbons (Fsp3) is 0.778. The van der Waals surface area contributed by atoms with Gasteiger partial charge >= 0.3 is 0 Å². The molecule has 0 aromatic carbocycles. The van der Waals surface area contributed by atoms with Crippen LogP contribution in [0.2, 0.25) is 0 Å². The van der Waals surface area contributed by atoms with Crippen LogP contribution in [0.1, 0.15) is 13.8 Å². The van der Waals surface area contributed by atoms with Crippen molar-refractivity contribution in [2.75, 3.05) is 26.7 Å². The Morgan fingerprint density at radius 3 is 2.71 bits per heavy atom. The largest absolute Gasteiger partial charge is 0.377 e. The molecule has 0 bridgehead atoms. The second kappa shape index (κ2) is 6.35. The predicted octanol–water partition coefficient (Wildman–Crippen LogP) is -0.359. The van der Waals surface area contributed by atoms with E-state index in [1.165, 1.54) is 0 Å². The first-order valence-electron chi connectivity index (χ1n) is 4.41. The molecule has 0 aromatic heterocycles. The molecule has 0 rings (SSSR count). The number of hydrogen-bond donors (Lipinski definition) is 2. The first-order valence-corrected chi connectivity index (χ1v) is 4.41. The van der Waals surface area contributed by atoms with Crippen LogP contribution in [0.25, 0.3) is 0 Å². The van der Waals surface area contributed by atoms with Crippen molar-refractivity contribution in [1.82, 2.24) is 10.6 Å². The average Bonchev–Trinajstić information content (AvgIpc) is 2.14. The Labute approximate surface area is 84.4 Å². The molecule has 14 heavy (non-hydrogen) atoms. The Kier molecular flexibility index (Phi) is 5.84. The van der Waals surface area contributed by atoms with Crippen LogP contribution in [-0.4, -0.2) is 38.3 Å². The summed E-state index contributed by atoms with van der Waals surface area (Å²) in [5.41, 5.74) is -0.282. The Morgan fingerprint density at radius 2 is 2.21 bits per heavy atom. The third kappa shape index (κ3) is 6.40. The molecule has 0 spiro atoms. The molecule has 0 saturated heterocycles. The first kappa shape index (κ1) is 12.9. The van der Waals surface area contributed by atoms with Crippen molar-refractivity contribution in [2.45, 2.75) is 19.4 Å². The van der Waals surface area contributed by atoms with Gasteiger partial charge in [-0.15, -0.1) is 0 Å². The number of ether oxygens (including phenoxy) is 1. The van der Waals surface area contributed by atoms with E-state index in [0.717, 1.165) is 0 Å². The second-order valence-electron chi connectivity index (χ2n) is 3.50. The van der Waals surface area contributed by atoms with E-state index < -0.39 is 0 Å². The Hall–Kier alpha value is -1.12. The lowest BCUT2D eigenvalue weighted by Crippen LogP contribution is -2.41. The van der Waals surface area contributed by atoms with Crippen LogP contribution in [0.3, 0.4) is 0 Å². The molecule has 0 saturated carbocycles. The lowest BCUT2D eigenvalue weighted by atomic mass is 10.1. The highest BCUT2D eigenvalue weighted by Crippen LogP contribution is 2.03. The first-order chi connectivity index (χ1) is 6.52. The standard InChI is InChI=1S/C9H17N3O2/c1-9(2,14-3)7-11-6-8(13)12-5-4-10/h11H,5-7H2,1-3H3,(H,12,13). The van der Waals surface area contributed by atoms with Gasteiger partial charge in [-0.3, -0.25) is 4.79 Å². The van der Waals surface area contributed by atoms with Crippen molar-refractivity contribution in [3.05, 3.63) is 0 Å². The van der Waals surface area contributed by atoms with E-state index in [2.05, 4.69) is 10.6 Å². The monoisotopic (exact) mass is 199 g/mol. The summed E-state index contributed by atoms with van der Waals surface area (Å²) < 4.78 is 5.15. The minimum Gasteiger partial charge on any atom is -0.377 e. The molecule has 1 amide bonds. The summed E-state index contributed by atoms with van der Waals surface area (Å²) in [7, 11) is 1.62. The zero-order chi connectivity index (χ0) is 11.0. The zero-order valence-corrected chi connectivity index (χ0v) is 8.89. The van der Waals surface area contributed by atoms with Crippen molar-refractivity contribution in [1.29, 1.82) is 5.26 Å². The van der Waals surface area contributed by atoms with Crippen molar-refractivity contribution in [2.24, 2.45) is 0 Å². The van der Waals surface area contributed by atoms with Crippen LogP contribution in [0, 0.1) is 11.3 Å². The van der Waals surface area contributed by atoms with Crippen LogP contribution in [0.15, 0.2) is 0 Å². The van der Waals surface area contributed by atoms with Gasteiger partial charge in [0.05, 0.1) is 18.2 Å². The molecule has 0 unspecified atom stereocenters. The maximum atomic E-state index is 11.0. The number of hydrogen-bond acceptors (Lipinski definition) is 4. The van der Waals surface area contributed by atoms with Gasteiger partial charge in [0.2, 0.25) is 5.91 Å². The Balaban J connectivity index is 3.55. The molecule has 0 radical (unpaired) electrons. The van der Waals surface area contributed by atoms with Crippen LogP contribution in [0.4, 0.5) is 0 Å². The van der Waals surface area contributed by atoms with Crippen LogP contribution in [-0.2, 0) is 9.53 Å². The van der Waals surface area contributed by atoms with Crippen LogP contribution < -0.4 is 10.6 Å². The molecule has 0 aliphatic carbocycles. The van der Waals surface area contributed by atoms with E-state index in [0.29, 0.717) is 6.54 Å². The van der Waals surface area contributed by atoms with Crippen molar-refractivity contribution in [3.63, 3.8) is 0 Å². The smallest absolute Gasteiger partial charge is 0.234 e. The molecule has 0 aliphatic heterocycles. The Bertz CT molecular complexity index is 221. The molecule has 5 nitrogen and oxygen atoms in total. The van der Waals surface area contributed by atoms with Gasteiger partial charge in [0.25, 0.3) is 0 Å². The number of nitrogens with zero attached hydrogens (tertiary/aromatic N) is 1. The van der Waals surface area contributed by atoms with Gasteiger partial charge in [0.1, 0.15) is 6.54 Å². The lowest BCUT2D eigenvalue weighted by Gasteiger charge is -2.22. The fourth-order valence-electron chi connectivity index (χ4n) is 0.750. The summed E-state index contributed by atoms with van der Waals surface area (Å²) >= 11 is 0. The van der Waals surface area contributed by atoms with E-state index in [4.69, 9.17) is 10.00 Å². The number of carbonyl (C=O) groups excluding carboxylic acids is 1. The minimum atomic E-state index is -0.282. The zero-order valence-electron chi connectivity index (χ0n) is 8.89. The Morgan fingerprint density at radius 1 is 1.57 bits per heavy atom. The summed E-state index contributed by atoms with van der Waals surface area (Å²) in [6.45, 7) is 4.69. The normalized spacial score (nSPS) is 10.7. The molecular formula is C9H17N3O2. The average molecular weight is 199 g/mol. The molecule has 2 N–H and O–H groups in total. The number of methoxy groups -OCH3 is 1. The number of nitriles is 1. The predicted molar refractivity (Wildman–Crippen MR) is 52.6 cm³/mol. The summed E-state index contributed by atoms with van der Waals surface area (Å²) in [6.07, 6.45) is 0. The fourth-order valence-corrected chi connectivity index (χ4v) is 0.750. The van der Waals surface area contributed by atoms with E-state index in [1.54, 1.807) is 7.11 Å². The molecule has 0 aromatic rings. The molecular weight excluding hydrogens is 182 g/mol. The molecule has 0 heterocycles.